The van der Waals surface area contributed by atoms with E-state index in [4.69, 9.17) is 5.73 Å². The number of aliphatic hydroxyl groups excluding tert-OH is 1. The lowest BCUT2D eigenvalue weighted by Crippen LogP contribution is -2.61. The molecular formula is C39H69N9O11S. The Morgan fingerprint density at radius 3 is 1.73 bits per heavy atom. The van der Waals surface area contributed by atoms with Crippen LogP contribution in [0.15, 0.2) is 0 Å². The molecule has 21 heteroatoms. The van der Waals surface area contributed by atoms with Crippen molar-refractivity contribution in [3.05, 3.63) is 0 Å². The third-order valence-corrected chi connectivity index (χ3v) is 10.9. The van der Waals surface area contributed by atoms with Crippen molar-refractivity contribution < 1.29 is 53.4 Å². The Balaban J connectivity index is 3.08. The second-order valence-electron chi connectivity index (χ2n) is 16.2. The number of carboxylic acid groups (broad SMARTS) is 1. The van der Waals surface area contributed by atoms with Crippen molar-refractivity contribution in [3.63, 3.8) is 0 Å². The molecule has 0 aromatic heterocycles. The summed E-state index contributed by atoms with van der Waals surface area (Å²) in [7, 11) is 0. The van der Waals surface area contributed by atoms with Gasteiger partial charge in [0.15, 0.2) is 0 Å². The van der Waals surface area contributed by atoms with E-state index in [0.29, 0.717) is 25.7 Å². The zero-order valence-electron chi connectivity index (χ0n) is 36.3. The number of likely N-dealkylation sites (tertiary alicyclic amines) is 1. The normalized spacial score (nSPS) is 18.4. The van der Waals surface area contributed by atoms with Crippen molar-refractivity contribution in [2.75, 3.05) is 25.4 Å². The standard InChI is InChI=1S/C39H69N9O11S/c1-10-21(7)30(45-28(51)17-41-33(52)24(15-19(3)4)42-37(56)32(23(9)49)44-27(50)16-40)36(55)46-29(20(5)6)35(54)43-25(18-60)38(57)48-14-12-13-26(48)34(53)47-31(39(58)59)22(8)11-2/h19-26,29-32,49,60H,10-18,40H2,1-9H3,(H,41,52)(H,42,56)(H,43,54)(H,44,50)(H,45,51)(H,46,55)(H,47,53)(H,58,59)/t21-,22-,23+,24-,25-,26-,29-,30-,31-,32-/m0/s1. The Morgan fingerprint density at radius 2 is 1.23 bits per heavy atom. The predicted molar refractivity (Wildman–Crippen MR) is 225 cm³/mol. The molecule has 1 aliphatic rings. The predicted octanol–water partition coefficient (Wildman–Crippen LogP) is -1.85. The molecule has 1 fully saturated rings. The van der Waals surface area contributed by atoms with Crippen LogP contribution in [-0.4, -0.2) is 142 Å². The number of amides is 8. The summed E-state index contributed by atoms with van der Waals surface area (Å²) < 4.78 is 0. The number of nitrogens with two attached hydrogens (primary N) is 1. The number of rotatable bonds is 25. The fourth-order valence-electron chi connectivity index (χ4n) is 6.48. The van der Waals surface area contributed by atoms with Crippen LogP contribution in [-0.2, 0) is 43.2 Å². The Hall–Kier alpha value is -4.50. The van der Waals surface area contributed by atoms with Crippen LogP contribution in [0.1, 0.15) is 94.4 Å². The van der Waals surface area contributed by atoms with Gasteiger partial charge in [-0.25, -0.2) is 4.79 Å². The Kier molecular flexibility index (Phi) is 23.2. The third-order valence-electron chi connectivity index (χ3n) is 10.5. The van der Waals surface area contributed by atoms with Crippen LogP contribution in [0.25, 0.3) is 0 Å². The molecule has 60 heavy (non-hydrogen) atoms. The number of carbonyl (C=O) groups is 9. The molecule has 20 nitrogen and oxygen atoms in total. The summed E-state index contributed by atoms with van der Waals surface area (Å²) in [5.41, 5.74) is 5.32. The molecule has 342 valence electrons. The molecule has 11 N–H and O–H groups in total. The number of carboxylic acids is 1. The Bertz CT molecular complexity index is 1520. The van der Waals surface area contributed by atoms with Crippen LogP contribution < -0.4 is 43.0 Å². The van der Waals surface area contributed by atoms with Crippen LogP contribution in [0, 0.1) is 23.7 Å². The van der Waals surface area contributed by atoms with E-state index >= 15 is 0 Å². The summed E-state index contributed by atoms with van der Waals surface area (Å²) in [6.45, 7) is 14.4. The molecule has 8 amide bonds. The summed E-state index contributed by atoms with van der Waals surface area (Å²) in [4.78, 5) is 119. The number of aliphatic carboxylic acids is 1. The lowest BCUT2D eigenvalue weighted by Gasteiger charge is -2.31. The highest BCUT2D eigenvalue weighted by molar-refractivity contribution is 7.80. The first-order chi connectivity index (χ1) is 28.0. The van der Waals surface area contributed by atoms with Gasteiger partial charge in [0.25, 0.3) is 0 Å². The SMILES string of the molecule is CC[C@H](C)[C@H](NC(=O)[C@@H]1CCCN1C(=O)[C@H](CS)NC(=O)[C@@H](NC(=O)[C@@H](NC(=O)CNC(=O)[C@H](CC(C)C)NC(=O)[C@@H](NC(=O)CN)[C@@H](C)O)[C@@H](C)CC)C(C)C)C(=O)O. The van der Waals surface area contributed by atoms with E-state index < -0.39 is 127 Å². The second kappa shape index (κ2) is 26.0. The van der Waals surface area contributed by atoms with Crippen molar-refractivity contribution in [1.82, 2.24) is 42.1 Å². The van der Waals surface area contributed by atoms with Crippen molar-refractivity contribution in [1.29, 1.82) is 0 Å². The summed E-state index contributed by atoms with van der Waals surface area (Å²) in [6.07, 6.45) is 0.540. The van der Waals surface area contributed by atoms with Gasteiger partial charge in [-0.2, -0.15) is 12.6 Å². The van der Waals surface area contributed by atoms with Gasteiger partial charge in [0.2, 0.25) is 47.3 Å². The van der Waals surface area contributed by atoms with Crippen molar-refractivity contribution in [2.45, 2.75) is 143 Å². The van der Waals surface area contributed by atoms with Gasteiger partial charge in [-0.05, 0) is 49.9 Å². The maximum absolute atomic E-state index is 13.8. The van der Waals surface area contributed by atoms with Crippen LogP contribution in [0.2, 0.25) is 0 Å². The quantitative estimate of drug-likeness (QED) is 0.0451. The van der Waals surface area contributed by atoms with E-state index in [2.05, 4.69) is 49.8 Å². The number of nitrogens with zero attached hydrogens (tertiary/aromatic N) is 1. The number of hydrogen-bond donors (Lipinski definition) is 11. The fourth-order valence-corrected chi connectivity index (χ4v) is 6.73. The topological polar surface area (TPSA) is 308 Å². The first-order valence-corrected chi connectivity index (χ1v) is 21.3. The molecular weight excluding hydrogens is 803 g/mol. The minimum atomic E-state index is -1.40. The van der Waals surface area contributed by atoms with E-state index in [1.54, 1.807) is 55.4 Å². The van der Waals surface area contributed by atoms with Crippen LogP contribution in [0.3, 0.4) is 0 Å². The summed E-state index contributed by atoms with van der Waals surface area (Å²) >= 11 is 4.28. The molecule has 0 aliphatic carbocycles. The van der Waals surface area contributed by atoms with Crippen molar-refractivity contribution >= 4 is 65.9 Å². The first kappa shape index (κ1) is 53.5. The number of aliphatic hydroxyl groups is 1. The molecule has 0 spiro atoms. The highest BCUT2D eigenvalue weighted by Crippen LogP contribution is 2.21. The number of thiol groups is 1. The number of nitrogens with one attached hydrogen (secondary N) is 7. The average Bonchev–Trinajstić information content (AvgIpc) is 3.69. The van der Waals surface area contributed by atoms with Gasteiger partial charge < -0.3 is 58.1 Å². The summed E-state index contributed by atoms with van der Waals surface area (Å²) in [5, 5.41) is 37.5. The molecule has 0 radical (unpaired) electrons. The van der Waals surface area contributed by atoms with Gasteiger partial charge in [0, 0.05) is 12.3 Å². The highest BCUT2D eigenvalue weighted by atomic mass is 32.1. The molecule has 1 saturated heterocycles. The maximum atomic E-state index is 13.8. The Labute approximate surface area is 358 Å². The molecule has 0 aromatic carbocycles. The molecule has 0 aromatic rings. The summed E-state index contributed by atoms with van der Waals surface area (Å²) in [6, 6.07) is -8.18. The van der Waals surface area contributed by atoms with Gasteiger partial charge >= 0.3 is 5.97 Å². The van der Waals surface area contributed by atoms with E-state index in [1.165, 1.54) is 11.8 Å². The van der Waals surface area contributed by atoms with E-state index in [1.807, 2.05) is 0 Å². The maximum Gasteiger partial charge on any atom is 0.326 e. The lowest BCUT2D eigenvalue weighted by molar-refractivity contribution is -0.146. The largest absolute Gasteiger partial charge is 0.480 e. The van der Waals surface area contributed by atoms with Gasteiger partial charge in [-0.1, -0.05) is 68.2 Å². The third kappa shape index (κ3) is 16.5. The fraction of sp³-hybridized carbons (Fsp3) is 0.769. The van der Waals surface area contributed by atoms with Crippen molar-refractivity contribution in [3.8, 4) is 0 Å². The van der Waals surface area contributed by atoms with Gasteiger partial charge in [-0.3, -0.25) is 38.4 Å². The van der Waals surface area contributed by atoms with Crippen LogP contribution >= 0.6 is 12.6 Å². The molecule has 1 aliphatic heterocycles. The number of hydrogen-bond acceptors (Lipinski definition) is 12. The lowest BCUT2D eigenvalue weighted by atomic mass is 9.96. The van der Waals surface area contributed by atoms with Gasteiger partial charge in [0.1, 0.15) is 42.3 Å². The zero-order chi connectivity index (χ0) is 46.0. The smallest absolute Gasteiger partial charge is 0.326 e. The average molecular weight is 872 g/mol. The molecule has 0 saturated carbocycles. The Morgan fingerprint density at radius 1 is 0.700 bits per heavy atom. The minimum Gasteiger partial charge on any atom is -0.480 e. The molecule has 0 bridgehead atoms. The van der Waals surface area contributed by atoms with E-state index in [-0.39, 0.29) is 30.6 Å². The highest BCUT2D eigenvalue weighted by Gasteiger charge is 2.40. The minimum absolute atomic E-state index is 0.0965. The molecule has 0 unspecified atom stereocenters. The van der Waals surface area contributed by atoms with E-state index in [9.17, 15) is 53.4 Å². The zero-order valence-corrected chi connectivity index (χ0v) is 37.2. The monoisotopic (exact) mass is 871 g/mol. The molecule has 1 heterocycles. The van der Waals surface area contributed by atoms with Gasteiger partial charge in [0.05, 0.1) is 19.2 Å². The number of carbonyl (C=O) groups excluding carboxylic acids is 8. The first-order valence-electron chi connectivity index (χ1n) is 20.6. The second-order valence-corrected chi connectivity index (χ2v) is 16.6. The van der Waals surface area contributed by atoms with Crippen LogP contribution in [0.4, 0.5) is 0 Å². The molecule has 1 rings (SSSR count). The van der Waals surface area contributed by atoms with E-state index in [0.717, 1.165) is 0 Å². The van der Waals surface area contributed by atoms with Crippen molar-refractivity contribution in [2.24, 2.45) is 29.4 Å². The van der Waals surface area contributed by atoms with Gasteiger partial charge in [-0.15, -0.1) is 0 Å². The molecule has 10 atom stereocenters. The van der Waals surface area contributed by atoms with Crippen LogP contribution in [0.5, 0.6) is 0 Å². The summed E-state index contributed by atoms with van der Waals surface area (Å²) in [5.74, 6) is -8.36.